The Hall–Kier alpha value is -1.50. The lowest BCUT2D eigenvalue weighted by Crippen LogP contribution is -2.49. The molecule has 1 N–H and O–H groups in total. The van der Waals surface area contributed by atoms with Gasteiger partial charge in [0.2, 0.25) is 0 Å². The number of benzene rings is 1. The van der Waals surface area contributed by atoms with Crippen LogP contribution in [0.4, 0.5) is 0 Å². The van der Waals surface area contributed by atoms with Gasteiger partial charge in [-0.05, 0) is 29.5 Å². The molecule has 0 saturated carbocycles. The molecule has 2 aromatic rings. The summed E-state index contributed by atoms with van der Waals surface area (Å²) < 4.78 is 1.81. The first-order valence-electron chi connectivity index (χ1n) is 6.62. The molecule has 2 heterocycles. The Balaban J connectivity index is 0.00000147. The lowest BCUT2D eigenvalue weighted by atomic mass is 10.2. The molecule has 20 heavy (non-hydrogen) atoms. The molecule has 1 aliphatic heterocycles. The lowest BCUT2D eigenvalue weighted by Gasteiger charge is -2.33. The van der Waals surface area contributed by atoms with Crippen LogP contribution in [0.3, 0.4) is 0 Å². The molecule has 0 bridgehead atoms. The second kappa shape index (κ2) is 6.78. The first kappa shape index (κ1) is 14.9. The van der Waals surface area contributed by atoms with Crippen molar-refractivity contribution in [3.8, 4) is 5.69 Å². The molecule has 1 aromatic heterocycles. The smallest absolute Gasteiger partial charge is 0.170 e. The second-order valence-electron chi connectivity index (χ2n) is 4.87. The van der Waals surface area contributed by atoms with Gasteiger partial charge in [-0.25, -0.2) is 0 Å². The lowest BCUT2D eigenvalue weighted by molar-refractivity contribution is 0.160. The molecule has 6 nitrogen and oxygen atoms in total. The van der Waals surface area contributed by atoms with E-state index in [1.165, 1.54) is 0 Å². The summed E-state index contributed by atoms with van der Waals surface area (Å²) in [7, 11) is 0. The molecular formula is C13H19ClN6. The zero-order valence-corrected chi connectivity index (χ0v) is 12.3. The summed E-state index contributed by atoms with van der Waals surface area (Å²) in [5.41, 5.74) is 1.00. The number of halogens is 1. The quantitative estimate of drug-likeness (QED) is 0.910. The summed E-state index contributed by atoms with van der Waals surface area (Å²) in [4.78, 5) is 2.40. The monoisotopic (exact) mass is 294 g/mol. The van der Waals surface area contributed by atoms with Gasteiger partial charge in [0, 0.05) is 25.7 Å². The standard InChI is InChI=1S/C13H18N6.ClH/c1-11-9-14-7-8-18(11)10-13-15-16-17-19(13)12-5-3-2-4-6-12;/h2-6,11,14H,7-10H2,1H3;1H/t11-;/m0./s1. The molecule has 7 heteroatoms. The van der Waals surface area contributed by atoms with Crippen LogP contribution in [0, 0.1) is 0 Å². The van der Waals surface area contributed by atoms with E-state index in [1.807, 2.05) is 35.0 Å². The highest BCUT2D eigenvalue weighted by molar-refractivity contribution is 5.85. The van der Waals surface area contributed by atoms with Crippen LogP contribution in [0.1, 0.15) is 12.7 Å². The van der Waals surface area contributed by atoms with Gasteiger partial charge in [0.1, 0.15) is 0 Å². The highest BCUT2D eigenvalue weighted by Gasteiger charge is 2.20. The van der Waals surface area contributed by atoms with E-state index in [0.29, 0.717) is 6.04 Å². The van der Waals surface area contributed by atoms with E-state index >= 15 is 0 Å². The number of hydrogen-bond acceptors (Lipinski definition) is 5. The average molecular weight is 295 g/mol. The Labute approximate surface area is 124 Å². The van der Waals surface area contributed by atoms with Crippen molar-refractivity contribution in [3.05, 3.63) is 36.2 Å². The molecule has 108 valence electrons. The summed E-state index contributed by atoms with van der Waals surface area (Å²) in [5, 5.41) is 15.5. The van der Waals surface area contributed by atoms with Gasteiger partial charge in [-0.15, -0.1) is 17.5 Å². The zero-order valence-electron chi connectivity index (χ0n) is 11.4. The van der Waals surface area contributed by atoms with Crippen LogP contribution in [-0.2, 0) is 6.54 Å². The van der Waals surface area contributed by atoms with Gasteiger partial charge in [0.15, 0.2) is 5.82 Å². The minimum absolute atomic E-state index is 0. The minimum Gasteiger partial charge on any atom is -0.314 e. The van der Waals surface area contributed by atoms with Gasteiger partial charge in [0.25, 0.3) is 0 Å². The number of tetrazole rings is 1. The van der Waals surface area contributed by atoms with Crippen molar-refractivity contribution in [3.63, 3.8) is 0 Å². The maximum atomic E-state index is 4.16. The van der Waals surface area contributed by atoms with Gasteiger partial charge in [-0.2, -0.15) is 4.68 Å². The molecule has 0 aliphatic carbocycles. The van der Waals surface area contributed by atoms with Crippen LogP contribution >= 0.6 is 12.4 Å². The van der Waals surface area contributed by atoms with Gasteiger partial charge in [0.05, 0.1) is 12.2 Å². The second-order valence-corrected chi connectivity index (χ2v) is 4.87. The van der Waals surface area contributed by atoms with Crippen molar-refractivity contribution in [2.75, 3.05) is 19.6 Å². The molecule has 0 unspecified atom stereocenters. The predicted molar refractivity (Wildman–Crippen MR) is 79.1 cm³/mol. The third kappa shape index (κ3) is 3.15. The molecule has 1 aromatic carbocycles. The number of nitrogens with zero attached hydrogens (tertiary/aromatic N) is 5. The van der Waals surface area contributed by atoms with Gasteiger partial charge in [-0.3, -0.25) is 4.90 Å². The number of aromatic nitrogens is 4. The molecule has 0 spiro atoms. The van der Waals surface area contributed by atoms with Crippen LogP contribution in [0.2, 0.25) is 0 Å². The third-order valence-corrected chi connectivity index (χ3v) is 3.52. The van der Waals surface area contributed by atoms with Crippen molar-refractivity contribution in [2.24, 2.45) is 0 Å². The van der Waals surface area contributed by atoms with Crippen LogP contribution in [0.5, 0.6) is 0 Å². The van der Waals surface area contributed by atoms with Crippen molar-refractivity contribution in [1.82, 2.24) is 30.4 Å². The number of piperazine rings is 1. The molecule has 1 aliphatic rings. The molecule has 3 rings (SSSR count). The molecule has 1 atom stereocenters. The predicted octanol–water partition coefficient (Wildman–Crippen LogP) is 0.878. The Kier molecular flexibility index (Phi) is 5.05. The van der Waals surface area contributed by atoms with Crippen molar-refractivity contribution < 1.29 is 0 Å². The van der Waals surface area contributed by atoms with Gasteiger partial charge >= 0.3 is 0 Å². The Bertz CT molecular complexity index is 529. The van der Waals surface area contributed by atoms with Crippen LogP contribution < -0.4 is 5.32 Å². The van der Waals surface area contributed by atoms with E-state index in [-0.39, 0.29) is 12.4 Å². The van der Waals surface area contributed by atoms with E-state index in [9.17, 15) is 0 Å². The van der Waals surface area contributed by atoms with Crippen molar-refractivity contribution in [1.29, 1.82) is 0 Å². The Morgan fingerprint density at radius 3 is 2.85 bits per heavy atom. The zero-order chi connectivity index (χ0) is 13.1. The molecule has 1 saturated heterocycles. The highest BCUT2D eigenvalue weighted by atomic mass is 35.5. The fraction of sp³-hybridized carbons (Fsp3) is 0.462. The minimum atomic E-state index is 0. The largest absolute Gasteiger partial charge is 0.314 e. The third-order valence-electron chi connectivity index (χ3n) is 3.52. The first-order chi connectivity index (χ1) is 9.34. The molecule has 1 fully saturated rings. The SMILES string of the molecule is C[C@H]1CNCCN1Cc1nnnn1-c1ccccc1.Cl. The summed E-state index contributed by atoms with van der Waals surface area (Å²) in [6.07, 6.45) is 0. The highest BCUT2D eigenvalue weighted by Crippen LogP contribution is 2.11. The maximum Gasteiger partial charge on any atom is 0.170 e. The van der Waals surface area contributed by atoms with Gasteiger partial charge < -0.3 is 5.32 Å². The summed E-state index contributed by atoms with van der Waals surface area (Å²) in [6, 6.07) is 10.5. The average Bonchev–Trinajstić information content (AvgIpc) is 2.91. The maximum absolute atomic E-state index is 4.16. The van der Waals surface area contributed by atoms with E-state index in [1.54, 1.807) is 0 Å². The molecular weight excluding hydrogens is 276 g/mol. The summed E-state index contributed by atoms with van der Waals surface area (Å²) in [5.74, 6) is 0.889. The molecule has 0 amide bonds. The van der Waals surface area contributed by atoms with Crippen LogP contribution in [0.25, 0.3) is 5.69 Å². The number of para-hydroxylation sites is 1. The number of nitrogens with one attached hydrogen (secondary N) is 1. The normalized spacial score (nSPS) is 19.6. The number of hydrogen-bond donors (Lipinski definition) is 1. The van der Waals surface area contributed by atoms with Crippen LogP contribution in [0.15, 0.2) is 30.3 Å². The van der Waals surface area contributed by atoms with Crippen molar-refractivity contribution >= 4 is 12.4 Å². The Morgan fingerprint density at radius 1 is 1.30 bits per heavy atom. The summed E-state index contributed by atoms with van der Waals surface area (Å²) in [6.45, 7) is 6.08. The topological polar surface area (TPSA) is 58.9 Å². The van der Waals surface area contributed by atoms with E-state index in [0.717, 1.165) is 37.7 Å². The van der Waals surface area contributed by atoms with Crippen LogP contribution in [-0.4, -0.2) is 50.8 Å². The first-order valence-corrected chi connectivity index (χ1v) is 6.62. The molecule has 0 radical (unpaired) electrons. The number of rotatable bonds is 3. The fourth-order valence-corrected chi connectivity index (χ4v) is 2.37. The van der Waals surface area contributed by atoms with Crippen molar-refractivity contribution in [2.45, 2.75) is 19.5 Å². The van der Waals surface area contributed by atoms with Gasteiger partial charge in [-0.1, -0.05) is 18.2 Å². The Morgan fingerprint density at radius 2 is 2.10 bits per heavy atom. The van der Waals surface area contributed by atoms with E-state index in [2.05, 4.69) is 32.7 Å². The van der Waals surface area contributed by atoms with E-state index < -0.39 is 0 Å². The summed E-state index contributed by atoms with van der Waals surface area (Å²) >= 11 is 0. The fourth-order valence-electron chi connectivity index (χ4n) is 2.37. The van der Waals surface area contributed by atoms with E-state index in [4.69, 9.17) is 0 Å².